The van der Waals surface area contributed by atoms with Gasteiger partial charge in [0.1, 0.15) is 12.2 Å². The number of fused-ring (bicyclic) bond motifs is 6. The molecule has 1 aromatic carbocycles. The van der Waals surface area contributed by atoms with Crippen LogP contribution in [-0.2, 0) is 66.5 Å². The van der Waals surface area contributed by atoms with E-state index < -0.39 is 82.6 Å². The molecule has 0 radical (unpaired) electrons. The van der Waals surface area contributed by atoms with Crippen LogP contribution in [0, 0.1) is 60.9 Å². The molecule has 18 heteroatoms. The average Bonchev–Trinajstić information content (AvgIpc) is 4.08. The molecule has 10 rings (SSSR count). The molecule has 9 fully saturated rings. The van der Waals surface area contributed by atoms with Gasteiger partial charge >= 0.3 is 29.8 Å². The Labute approximate surface area is 395 Å². The van der Waals surface area contributed by atoms with Crippen LogP contribution in [0.25, 0.3) is 0 Å². The summed E-state index contributed by atoms with van der Waals surface area (Å²) in [6.45, 7) is 18.4. The molecule has 5 saturated carbocycles. The second-order valence-electron chi connectivity index (χ2n) is 22.9. The highest BCUT2D eigenvalue weighted by Crippen LogP contribution is 2.90. The van der Waals surface area contributed by atoms with Crippen molar-refractivity contribution < 1.29 is 76.3 Å². The number of nitro groups is 1. The smallest absolute Gasteiger partial charge is 0.340 e. The molecule has 0 aromatic heterocycles. The number of nitrogens with zero attached hydrogens (tertiary/aromatic N) is 1. The van der Waals surface area contributed by atoms with Crippen LogP contribution in [0.15, 0.2) is 24.3 Å². The zero-order valence-electron chi connectivity index (χ0n) is 40.6. The highest BCUT2D eigenvalue weighted by Gasteiger charge is 2.87. The Bertz CT molecular complexity index is 2300. The van der Waals surface area contributed by atoms with Crippen molar-refractivity contribution in [3.05, 3.63) is 39.9 Å². The van der Waals surface area contributed by atoms with E-state index >= 15 is 0 Å². The fourth-order valence-electron chi connectivity index (χ4n) is 16.6. The molecule has 4 saturated heterocycles. The molecule has 19 atom stereocenters. The monoisotopic (exact) mass is 951 g/mol. The Morgan fingerprint density at radius 3 is 2.01 bits per heavy atom. The molecule has 9 aliphatic rings. The third-order valence-corrected chi connectivity index (χ3v) is 19.1. The molecule has 0 unspecified atom stereocenters. The maximum absolute atomic E-state index is 13.4. The van der Waals surface area contributed by atoms with Crippen LogP contribution < -0.4 is 0 Å². The van der Waals surface area contributed by atoms with Crippen LogP contribution in [0.4, 0.5) is 5.69 Å². The fourth-order valence-corrected chi connectivity index (χ4v) is 16.6. The quantitative estimate of drug-likeness (QED) is 0.0642. The van der Waals surface area contributed by atoms with Gasteiger partial charge in [0, 0.05) is 51.7 Å². The van der Waals surface area contributed by atoms with Gasteiger partial charge in [-0.1, -0.05) is 34.6 Å². The molecule has 4 heterocycles. The standard InChI is InChI=1S/C50H65NO17/c1-24-19-50(42-47(10,67-42)43(68-50)65-40(56)29-11-13-30(14-12-29)51(57)58)66-31-20-45(8)34-16-15-33-44(6,7)35(17-18-48(33)23-49(34,48)21-36(61-26(3)53)46(45,9)37(24)31)64-41-39(63-28(5)55)38(62-27(4)54)32(22-59-41)60-25(2)52/h11-14,24,31-39,41-43H,15-23H2,1-10H3/t24-,31+,32-,33+,34+,35+,36-,37+,38+,39-,41+,42-,43+,45+,46-,47+,48-,49+,50-/m1/s1. The lowest BCUT2D eigenvalue weighted by molar-refractivity contribution is -0.384. The predicted molar refractivity (Wildman–Crippen MR) is 233 cm³/mol. The van der Waals surface area contributed by atoms with Gasteiger partial charge in [-0.15, -0.1) is 0 Å². The molecule has 4 aliphatic heterocycles. The summed E-state index contributed by atoms with van der Waals surface area (Å²) in [5.41, 5.74) is -2.24. The average molecular weight is 952 g/mol. The molecule has 0 N–H and O–H groups in total. The predicted octanol–water partition coefficient (Wildman–Crippen LogP) is 6.51. The first kappa shape index (κ1) is 47.4. The second kappa shape index (κ2) is 15.6. The number of epoxide rings is 1. The fraction of sp³-hybridized carbons (Fsp3) is 0.780. The van der Waals surface area contributed by atoms with Gasteiger partial charge in [0.2, 0.25) is 12.1 Å². The maximum atomic E-state index is 13.4. The number of non-ortho nitro benzene ring substituents is 1. The van der Waals surface area contributed by atoms with Crippen LogP contribution in [0.5, 0.6) is 0 Å². The summed E-state index contributed by atoms with van der Waals surface area (Å²) in [6, 6.07) is 5.23. The van der Waals surface area contributed by atoms with E-state index in [2.05, 4.69) is 34.6 Å². The first-order chi connectivity index (χ1) is 31.9. The van der Waals surface area contributed by atoms with Crippen LogP contribution >= 0.6 is 0 Å². The summed E-state index contributed by atoms with van der Waals surface area (Å²) in [6.07, 6.45) is -0.563. The normalized spacial score (nSPS) is 47.6. The van der Waals surface area contributed by atoms with Crippen LogP contribution in [-0.4, -0.2) is 108 Å². The number of hydrogen-bond donors (Lipinski definition) is 0. The van der Waals surface area contributed by atoms with Crippen molar-refractivity contribution in [2.24, 2.45) is 50.7 Å². The van der Waals surface area contributed by atoms with Gasteiger partial charge in [-0.2, -0.15) is 0 Å². The zero-order chi connectivity index (χ0) is 48.9. The lowest BCUT2D eigenvalue weighted by atomic mass is 9.41. The SMILES string of the molecule is CC(=O)O[C@@H]1[C@@H](OC(C)=O)[C@H](O[C@H]2CC[C@]34C[C@]35C[C@@H](OC(C)=O)[C@]3(C)[C@H]6[C@H](C)C[C@]7(O[C@H](OC(=O)c8ccc([N+](=O)[O-])cc8)[C@@]8(C)O[C@@H]78)O[C@H]6C[C@@]3(C)[C@@H]5CC[C@H]4C2(C)C)OC[C@H]1OC(C)=O. The Kier molecular flexibility index (Phi) is 10.9. The highest BCUT2D eigenvalue weighted by atomic mass is 16.9. The van der Waals surface area contributed by atoms with Gasteiger partial charge < -0.3 is 47.4 Å². The van der Waals surface area contributed by atoms with E-state index in [0.717, 1.165) is 38.5 Å². The van der Waals surface area contributed by atoms with E-state index in [1.807, 2.05) is 6.92 Å². The minimum atomic E-state index is -1.18. The van der Waals surface area contributed by atoms with E-state index in [1.54, 1.807) is 0 Å². The van der Waals surface area contributed by atoms with Crippen LogP contribution in [0.3, 0.4) is 0 Å². The number of nitro benzene ring substituents is 1. The van der Waals surface area contributed by atoms with E-state index in [-0.39, 0.29) is 81.6 Å². The number of hydrogen-bond acceptors (Lipinski definition) is 17. The number of carbonyl (C=O) groups excluding carboxylic acids is 5. The Morgan fingerprint density at radius 2 is 1.37 bits per heavy atom. The van der Waals surface area contributed by atoms with Gasteiger partial charge in [0.25, 0.3) is 5.69 Å². The lowest BCUT2D eigenvalue weighted by Gasteiger charge is -2.65. The van der Waals surface area contributed by atoms with Gasteiger partial charge in [0.15, 0.2) is 30.2 Å². The Morgan fingerprint density at radius 1 is 0.721 bits per heavy atom. The molecule has 18 nitrogen and oxygen atoms in total. The molecule has 0 amide bonds. The summed E-state index contributed by atoms with van der Waals surface area (Å²) in [5.74, 6) is -3.44. The van der Waals surface area contributed by atoms with Gasteiger partial charge in [-0.3, -0.25) is 29.3 Å². The van der Waals surface area contributed by atoms with E-state index in [1.165, 1.54) is 52.0 Å². The minimum absolute atomic E-state index is 0.0139. The van der Waals surface area contributed by atoms with Crippen molar-refractivity contribution in [1.82, 2.24) is 0 Å². The summed E-state index contributed by atoms with van der Waals surface area (Å²) in [4.78, 5) is 74.1. The molecule has 68 heavy (non-hydrogen) atoms. The summed E-state index contributed by atoms with van der Waals surface area (Å²) in [7, 11) is 0. The van der Waals surface area contributed by atoms with Crippen molar-refractivity contribution in [2.45, 2.75) is 187 Å². The summed E-state index contributed by atoms with van der Waals surface area (Å²) < 4.78 is 62.6. The van der Waals surface area contributed by atoms with Crippen molar-refractivity contribution in [3.63, 3.8) is 0 Å². The number of carbonyl (C=O) groups is 5. The van der Waals surface area contributed by atoms with Crippen LogP contribution in [0.1, 0.15) is 131 Å². The van der Waals surface area contributed by atoms with Crippen LogP contribution in [0.2, 0.25) is 0 Å². The summed E-state index contributed by atoms with van der Waals surface area (Å²) >= 11 is 0. The number of ether oxygens (including phenoxy) is 10. The first-order valence-corrected chi connectivity index (χ1v) is 24.3. The second-order valence-corrected chi connectivity index (χ2v) is 22.9. The first-order valence-electron chi connectivity index (χ1n) is 24.3. The third kappa shape index (κ3) is 6.75. The van der Waals surface area contributed by atoms with Gasteiger partial charge in [-0.25, -0.2) is 4.79 Å². The zero-order valence-corrected chi connectivity index (χ0v) is 40.6. The number of benzene rings is 1. The Hall–Kier alpha value is -4.23. The largest absolute Gasteiger partial charge is 0.462 e. The molecular formula is C50H65NO17. The minimum Gasteiger partial charge on any atom is -0.462 e. The van der Waals surface area contributed by atoms with Crippen molar-refractivity contribution in [1.29, 1.82) is 0 Å². The van der Waals surface area contributed by atoms with E-state index in [4.69, 9.17) is 47.4 Å². The van der Waals surface area contributed by atoms with Crippen molar-refractivity contribution in [3.8, 4) is 0 Å². The third-order valence-electron chi connectivity index (χ3n) is 19.1. The van der Waals surface area contributed by atoms with Gasteiger partial charge in [0.05, 0.1) is 29.3 Å². The molecular weight excluding hydrogens is 887 g/mol. The maximum Gasteiger partial charge on any atom is 0.340 e. The summed E-state index contributed by atoms with van der Waals surface area (Å²) in [5, 5.41) is 11.2. The molecule has 5 aliphatic carbocycles. The van der Waals surface area contributed by atoms with E-state index in [0.29, 0.717) is 18.8 Å². The topological polar surface area (TPSA) is 224 Å². The molecule has 3 spiro atoms. The molecule has 1 aromatic rings. The highest BCUT2D eigenvalue weighted by molar-refractivity contribution is 5.89. The number of esters is 5. The van der Waals surface area contributed by atoms with Crippen molar-refractivity contribution in [2.75, 3.05) is 6.61 Å². The van der Waals surface area contributed by atoms with E-state index in [9.17, 15) is 34.1 Å². The molecule has 372 valence electrons. The molecule has 0 bridgehead atoms. The number of rotatable bonds is 9. The lowest BCUT2D eigenvalue weighted by Crippen LogP contribution is -2.64. The Balaban J connectivity index is 0.899. The van der Waals surface area contributed by atoms with Crippen molar-refractivity contribution >= 4 is 35.5 Å². The van der Waals surface area contributed by atoms with Gasteiger partial charge in [-0.05, 0) is 109 Å².